The van der Waals surface area contributed by atoms with E-state index in [4.69, 9.17) is 16.1 Å². The first kappa shape index (κ1) is 13.0. The number of nitrogens with one attached hydrogen (secondary N) is 1. The van der Waals surface area contributed by atoms with Crippen molar-refractivity contribution in [3.05, 3.63) is 11.8 Å². The van der Waals surface area contributed by atoms with Crippen LogP contribution in [0.4, 0.5) is 5.82 Å². The maximum Gasteiger partial charge on any atom is 0.225 e. The van der Waals surface area contributed by atoms with E-state index in [1.807, 2.05) is 20.8 Å². The summed E-state index contributed by atoms with van der Waals surface area (Å²) >= 11 is 5.50. The predicted molar refractivity (Wildman–Crippen MR) is 63.8 cm³/mol. The number of alkyl halides is 1. The van der Waals surface area contributed by atoms with E-state index >= 15 is 0 Å². The van der Waals surface area contributed by atoms with Crippen molar-refractivity contribution in [3.8, 4) is 0 Å². The van der Waals surface area contributed by atoms with Gasteiger partial charge in [-0.3, -0.25) is 4.79 Å². The number of rotatable bonds is 4. The Bertz CT molecular complexity index is 355. The van der Waals surface area contributed by atoms with Crippen LogP contribution in [-0.4, -0.2) is 16.9 Å². The molecule has 0 saturated heterocycles. The lowest BCUT2D eigenvalue weighted by Crippen LogP contribution is -2.12. The minimum Gasteiger partial charge on any atom is -0.359 e. The number of hydrogen-bond acceptors (Lipinski definition) is 3. The molecule has 5 heteroatoms. The van der Waals surface area contributed by atoms with Crippen LogP contribution in [0.1, 0.15) is 39.4 Å². The Morgan fingerprint density at radius 3 is 2.75 bits per heavy atom. The van der Waals surface area contributed by atoms with Gasteiger partial charge < -0.3 is 9.84 Å². The summed E-state index contributed by atoms with van der Waals surface area (Å²) < 4.78 is 5.14. The zero-order chi connectivity index (χ0) is 12.2. The summed E-state index contributed by atoms with van der Waals surface area (Å²) in [4.78, 5) is 11.4. The molecule has 4 nitrogen and oxygen atoms in total. The Hall–Kier alpha value is -1.03. The fourth-order valence-corrected chi connectivity index (χ4v) is 1.25. The molecule has 1 heterocycles. The van der Waals surface area contributed by atoms with E-state index in [2.05, 4.69) is 10.5 Å². The van der Waals surface area contributed by atoms with Gasteiger partial charge in [-0.2, -0.15) is 0 Å². The highest BCUT2D eigenvalue weighted by atomic mass is 35.5. The molecule has 0 aliphatic carbocycles. The van der Waals surface area contributed by atoms with E-state index in [0.29, 0.717) is 24.5 Å². The highest BCUT2D eigenvalue weighted by Gasteiger charge is 2.20. The fourth-order valence-electron chi connectivity index (χ4n) is 1.12. The fraction of sp³-hybridized carbons (Fsp3) is 0.636. The Morgan fingerprint density at radius 1 is 1.56 bits per heavy atom. The molecule has 16 heavy (non-hydrogen) atoms. The molecule has 1 amide bonds. The third kappa shape index (κ3) is 3.85. The molecule has 1 aromatic heterocycles. The van der Waals surface area contributed by atoms with Crippen LogP contribution in [0.3, 0.4) is 0 Å². The number of carbonyl (C=O) groups is 1. The molecule has 0 aliphatic heterocycles. The maximum absolute atomic E-state index is 11.4. The van der Waals surface area contributed by atoms with Gasteiger partial charge in [0, 0.05) is 23.8 Å². The van der Waals surface area contributed by atoms with Crippen LogP contribution in [-0.2, 0) is 10.2 Å². The lowest BCUT2D eigenvalue weighted by molar-refractivity contribution is -0.116. The number of hydrogen-bond donors (Lipinski definition) is 1. The summed E-state index contributed by atoms with van der Waals surface area (Å²) in [6.45, 7) is 6.06. The molecule has 0 bridgehead atoms. The molecule has 0 radical (unpaired) electrons. The van der Waals surface area contributed by atoms with Crippen molar-refractivity contribution in [2.24, 2.45) is 0 Å². The predicted octanol–water partition coefficient (Wildman–Crippen LogP) is 2.93. The van der Waals surface area contributed by atoms with Gasteiger partial charge in [-0.15, -0.1) is 11.6 Å². The summed E-state index contributed by atoms with van der Waals surface area (Å²) in [6.07, 6.45) is 1.07. The van der Waals surface area contributed by atoms with Crippen molar-refractivity contribution < 1.29 is 9.32 Å². The molecular weight excluding hydrogens is 228 g/mol. The monoisotopic (exact) mass is 244 g/mol. The Labute approximate surface area is 100 Å². The van der Waals surface area contributed by atoms with Crippen molar-refractivity contribution in [1.29, 1.82) is 0 Å². The number of nitrogens with zero attached hydrogens (tertiary/aromatic N) is 1. The average Bonchev–Trinajstić information content (AvgIpc) is 2.62. The van der Waals surface area contributed by atoms with E-state index in [9.17, 15) is 4.79 Å². The zero-order valence-corrected chi connectivity index (χ0v) is 10.6. The van der Waals surface area contributed by atoms with Gasteiger partial charge in [0.2, 0.25) is 5.91 Å². The van der Waals surface area contributed by atoms with Crippen molar-refractivity contribution in [1.82, 2.24) is 5.16 Å². The van der Waals surface area contributed by atoms with E-state index in [-0.39, 0.29) is 11.3 Å². The first-order valence-corrected chi connectivity index (χ1v) is 5.80. The number of amides is 1. The summed E-state index contributed by atoms with van der Waals surface area (Å²) in [6, 6.07) is 1.75. The molecule has 0 fully saturated rings. The molecule has 0 unspecified atom stereocenters. The number of halogens is 1. The van der Waals surface area contributed by atoms with Crippen LogP contribution in [0, 0.1) is 0 Å². The second kappa shape index (κ2) is 5.34. The molecule has 90 valence electrons. The van der Waals surface area contributed by atoms with Crippen molar-refractivity contribution >= 4 is 23.3 Å². The lowest BCUT2D eigenvalue weighted by Gasteiger charge is -2.11. The van der Waals surface area contributed by atoms with Crippen molar-refractivity contribution in [2.75, 3.05) is 11.2 Å². The highest BCUT2D eigenvalue weighted by Crippen LogP contribution is 2.24. The smallest absolute Gasteiger partial charge is 0.225 e. The summed E-state index contributed by atoms with van der Waals surface area (Å²) in [5.74, 6) is 1.61. The third-order valence-corrected chi connectivity index (χ3v) is 2.32. The molecule has 0 spiro atoms. The Balaban J connectivity index is 2.56. The Morgan fingerprint density at radius 2 is 2.25 bits per heavy atom. The van der Waals surface area contributed by atoms with Gasteiger partial charge in [-0.05, 0) is 6.42 Å². The molecule has 1 N–H and O–H groups in total. The van der Waals surface area contributed by atoms with Gasteiger partial charge in [0.25, 0.3) is 0 Å². The van der Waals surface area contributed by atoms with Gasteiger partial charge in [0.05, 0.1) is 0 Å². The van der Waals surface area contributed by atoms with Crippen molar-refractivity contribution in [2.45, 2.75) is 39.0 Å². The average molecular weight is 245 g/mol. The van der Waals surface area contributed by atoms with Gasteiger partial charge in [-0.25, -0.2) is 0 Å². The highest BCUT2D eigenvalue weighted by molar-refractivity contribution is 6.18. The van der Waals surface area contributed by atoms with Crippen LogP contribution in [0.5, 0.6) is 0 Å². The van der Waals surface area contributed by atoms with E-state index in [0.717, 1.165) is 5.76 Å². The lowest BCUT2D eigenvalue weighted by atomic mass is 9.93. The van der Waals surface area contributed by atoms with Crippen molar-refractivity contribution in [3.63, 3.8) is 0 Å². The summed E-state index contributed by atoms with van der Waals surface area (Å²) in [7, 11) is 0. The van der Waals surface area contributed by atoms with Gasteiger partial charge in [-0.1, -0.05) is 25.9 Å². The van der Waals surface area contributed by atoms with Gasteiger partial charge in [0.15, 0.2) is 5.82 Å². The second-order valence-corrected chi connectivity index (χ2v) is 5.05. The van der Waals surface area contributed by atoms with Crippen LogP contribution in [0.15, 0.2) is 10.6 Å². The minimum absolute atomic E-state index is 0.0885. The van der Waals surface area contributed by atoms with Gasteiger partial charge in [0.1, 0.15) is 5.76 Å². The molecule has 0 atom stereocenters. The molecular formula is C11H17ClN2O2. The maximum atomic E-state index is 11.4. The summed E-state index contributed by atoms with van der Waals surface area (Å²) in [5, 5.41) is 6.46. The van der Waals surface area contributed by atoms with Gasteiger partial charge >= 0.3 is 0 Å². The normalized spacial score (nSPS) is 11.5. The standard InChI is InChI=1S/C11H17ClN2O2/c1-11(2,3)8-7-9(14-16-8)13-10(15)5-4-6-12/h7H,4-6H2,1-3H3,(H,13,14,15). The zero-order valence-electron chi connectivity index (χ0n) is 9.84. The topological polar surface area (TPSA) is 55.1 Å². The largest absolute Gasteiger partial charge is 0.359 e. The van der Waals surface area contributed by atoms with Crippen LogP contribution in [0.25, 0.3) is 0 Å². The molecule has 0 aromatic carbocycles. The Kier molecular flexibility index (Phi) is 4.35. The first-order chi connectivity index (χ1) is 7.43. The number of aromatic nitrogens is 1. The van der Waals surface area contributed by atoms with Crippen LogP contribution in [0.2, 0.25) is 0 Å². The first-order valence-electron chi connectivity index (χ1n) is 5.26. The van der Waals surface area contributed by atoms with E-state index < -0.39 is 0 Å². The van der Waals surface area contributed by atoms with E-state index in [1.165, 1.54) is 0 Å². The second-order valence-electron chi connectivity index (χ2n) is 4.67. The van der Waals surface area contributed by atoms with Crippen LogP contribution >= 0.6 is 11.6 Å². The molecule has 0 aliphatic rings. The number of anilines is 1. The quantitative estimate of drug-likeness (QED) is 0.829. The minimum atomic E-state index is -0.105. The SMILES string of the molecule is CC(C)(C)c1cc(NC(=O)CCCCl)no1. The van der Waals surface area contributed by atoms with Crippen LogP contribution < -0.4 is 5.32 Å². The van der Waals surface area contributed by atoms with E-state index in [1.54, 1.807) is 6.07 Å². The number of carbonyl (C=O) groups excluding carboxylic acids is 1. The third-order valence-electron chi connectivity index (χ3n) is 2.05. The molecule has 0 saturated carbocycles. The molecule has 1 rings (SSSR count). The molecule has 1 aromatic rings. The summed E-state index contributed by atoms with van der Waals surface area (Å²) in [5.41, 5.74) is -0.105.